The van der Waals surface area contributed by atoms with Gasteiger partial charge in [-0.1, -0.05) is 36.4 Å². The molecule has 2 amide bonds. The number of benzene rings is 1. The first kappa shape index (κ1) is 20.1. The van der Waals surface area contributed by atoms with E-state index in [1.807, 2.05) is 52.7 Å². The van der Waals surface area contributed by atoms with Crippen molar-refractivity contribution in [1.29, 1.82) is 0 Å². The lowest BCUT2D eigenvalue weighted by molar-refractivity contribution is -0.139. The number of carbonyl (C=O) groups excluding carboxylic acids is 2. The third kappa shape index (κ3) is 4.38. The van der Waals surface area contributed by atoms with Crippen LogP contribution in [0.15, 0.2) is 47.8 Å². The van der Waals surface area contributed by atoms with E-state index in [1.54, 1.807) is 4.90 Å². The van der Waals surface area contributed by atoms with Crippen LogP contribution in [0, 0.1) is 5.92 Å². The molecule has 0 saturated carbocycles. The van der Waals surface area contributed by atoms with Crippen LogP contribution in [-0.4, -0.2) is 52.4 Å². The Labute approximate surface area is 175 Å². The molecule has 2 aliphatic heterocycles. The van der Waals surface area contributed by atoms with Crippen LogP contribution >= 0.6 is 11.3 Å². The average Bonchev–Trinajstić information content (AvgIpc) is 3.33. The highest BCUT2D eigenvalue weighted by molar-refractivity contribution is 7.12. The number of hydrogen-bond donors (Lipinski definition) is 1. The van der Waals surface area contributed by atoms with Gasteiger partial charge >= 0.3 is 0 Å². The minimum atomic E-state index is -0.486. The van der Waals surface area contributed by atoms with Gasteiger partial charge in [0.2, 0.25) is 5.91 Å². The second kappa shape index (κ2) is 9.09. The zero-order chi connectivity index (χ0) is 20.2. The van der Waals surface area contributed by atoms with E-state index in [-0.39, 0.29) is 23.8 Å². The molecule has 2 saturated heterocycles. The maximum absolute atomic E-state index is 13.3. The molecule has 4 rings (SSSR count). The number of amides is 2. The molecule has 2 aromatic rings. The summed E-state index contributed by atoms with van der Waals surface area (Å²) >= 11 is 1.43. The van der Waals surface area contributed by atoms with E-state index < -0.39 is 6.10 Å². The maximum Gasteiger partial charge on any atom is 0.264 e. The normalized spacial score (nSPS) is 21.8. The molecule has 1 N–H and O–H groups in total. The molecule has 6 heteroatoms. The average molecular weight is 413 g/mol. The number of hydrogen-bond acceptors (Lipinski definition) is 4. The fourth-order valence-corrected chi connectivity index (χ4v) is 5.22. The second-order valence-corrected chi connectivity index (χ2v) is 8.95. The van der Waals surface area contributed by atoms with Crippen LogP contribution in [-0.2, 0) is 4.79 Å². The highest BCUT2D eigenvalue weighted by Crippen LogP contribution is 2.32. The number of aliphatic hydroxyl groups excluding tert-OH is 1. The molecule has 1 aromatic heterocycles. The van der Waals surface area contributed by atoms with Crippen LogP contribution in [0.3, 0.4) is 0 Å². The Balaban J connectivity index is 1.38. The lowest BCUT2D eigenvalue weighted by atomic mass is 9.87. The largest absolute Gasteiger partial charge is 0.388 e. The van der Waals surface area contributed by atoms with E-state index >= 15 is 0 Å². The van der Waals surface area contributed by atoms with Crippen LogP contribution in [0.1, 0.15) is 53.4 Å². The number of likely N-dealkylation sites (tertiary alicyclic amines) is 2. The molecule has 2 atom stereocenters. The Bertz CT molecular complexity index is 816. The molecule has 0 aliphatic carbocycles. The summed E-state index contributed by atoms with van der Waals surface area (Å²) in [6.45, 7) is 1.94. The molecule has 0 radical (unpaired) electrons. The third-order valence-electron chi connectivity index (χ3n) is 6.22. The van der Waals surface area contributed by atoms with Crippen LogP contribution < -0.4 is 0 Å². The Morgan fingerprint density at radius 1 is 0.966 bits per heavy atom. The van der Waals surface area contributed by atoms with E-state index in [0.29, 0.717) is 24.5 Å². The summed E-state index contributed by atoms with van der Waals surface area (Å²) in [4.78, 5) is 30.5. The molecular formula is C23H28N2O3S. The van der Waals surface area contributed by atoms with Gasteiger partial charge in [0.05, 0.1) is 11.0 Å². The van der Waals surface area contributed by atoms with Gasteiger partial charge in [-0.05, 0) is 55.0 Å². The van der Waals surface area contributed by atoms with Crippen molar-refractivity contribution in [3.05, 3.63) is 58.3 Å². The zero-order valence-corrected chi connectivity index (χ0v) is 17.4. The van der Waals surface area contributed by atoms with Crippen LogP contribution in [0.25, 0.3) is 0 Å². The van der Waals surface area contributed by atoms with Crippen molar-refractivity contribution < 1.29 is 14.7 Å². The predicted molar refractivity (Wildman–Crippen MR) is 114 cm³/mol. The first-order chi connectivity index (χ1) is 14.1. The van der Waals surface area contributed by atoms with Crippen molar-refractivity contribution >= 4 is 23.2 Å². The smallest absolute Gasteiger partial charge is 0.264 e. The fourth-order valence-electron chi connectivity index (χ4n) is 4.54. The Hall–Kier alpha value is -2.18. The second-order valence-electron chi connectivity index (χ2n) is 8.01. The highest BCUT2D eigenvalue weighted by Gasteiger charge is 2.37. The van der Waals surface area contributed by atoms with Gasteiger partial charge in [-0.25, -0.2) is 0 Å². The molecule has 2 unspecified atom stereocenters. The van der Waals surface area contributed by atoms with Crippen molar-refractivity contribution in [1.82, 2.24) is 9.80 Å². The molecule has 154 valence electrons. The monoisotopic (exact) mass is 412 g/mol. The molecule has 5 nitrogen and oxygen atoms in total. The molecule has 2 aliphatic rings. The molecule has 1 aromatic carbocycles. The lowest BCUT2D eigenvalue weighted by Gasteiger charge is -2.40. The third-order valence-corrected chi connectivity index (χ3v) is 7.08. The predicted octanol–water partition coefficient (Wildman–Crippen LogP) is 3.72. The highest BCUT2D eigenvalue weighted by atomic mass is 32.1. The van der Waals surface area contributed by atoms with E-state index in [4.69, 9.17) is 0 Å². The van der Waals surface area contributed by atoms with Gasteiger partial charge in [0.25, 0.3) is 5.91 Å². The van der Waals surface area contributed by atoms with Gasteiger partial charge in [-0.15, -0.1) is 11.3 Å². The summed E-state index contributed by atoms with van der Waals surface area (Å²) in [5.41, 5.74) is 0.942. The quantitative estimate of drug-likeness (QED) is 0.833. The summed E-state index contributed by atoms with van der Waals surface area (Å²) in [7, 11) is 0. The molecular weight excluding hydrogens is 384 g/mol. The summed E-state index contributed by atoms with van der Waals surface area (Å²) < 4.78 is 0. The minimum Gasteiger partial charge on any atom is -0.388 e. The van der Waals surface area contributed by atoms with Crippen molar-refractivity contribution in [3.63, 3.8) is 0 Å². The van der Waals surface area contributed by atoms with Crippen LogP contribution in [0.5, 0.6) is 0 Å². The first-order valence-corrected chi connectivity index (χ1v) is 11.4. The van der Waals surface area contributed by atoms with Gasteiger partial charge in [-0.3, -0.25) is 9.59 Å². The number of aliphatic hydroxyl groups is 1. The number of carbonyl (C=O) groups is 2. The Kier molecular flexibility index (Phi) is 6.31. The van der Waals surface area contributed by atoms with Crippen LogP contribution in [0.2, 0.25) is 0 Å². The number of nitrogens with zero attached hydrogens (tertiary/aromatic N) is 2. The number of thiophene rings is 1. The SMILES string of the molecule is O=C(C1CCCCN1C(=O)c1cccs1)N1CCC(C(O)c2ccccc2)CC1. The van der Waals surface area contributed by atoms with Crippen LogP contribution in [0.4, 0.5) is 0 Å². The topological polar surface area (TPSA) is 60.9 Å². The molecule has 0 spiro atoms. The summed E-state index contributed by atoms with van der Waals surface area (Å²) in [5.74, 6) is 0.214. The van der Waals surface area contributed by atoms with Crippen molar-refractivity contribution in [2.24, 2.45) is 5.92 Å². The Morgan fingerprint density at radius 2 is 1.72 bits per heavy atom. The van der Waals surface area contributed by atoms with E-state index in [1.165, 1.54) is 11.3 Å². The minimum absolute atomic E-state index is 0.0209. The zero-order valence-electron chi connectivity index (χ0n) is 16.6. The van der Waals surface area contributed by atoms with Crippen molar-refractivity contribution in [3.8, 4) is 0 Å². The summed E-state index contributed by atoms with van der Waals surface area (Å²) in [6, 6.07) is 13.1. The first-order valence-electron chi connectivity index (χ1n) is 10.5. The lowest BCUT2D eigenvalue weighted by Crippen LogP contribution is -2.54. The van der Waals surface area contributed by atoms with Gasteiger partial charge in [0.1, 0.15) is 6.04 Å². The number of rotatable bonds is 4. The van der Waals surface area contributed by atoms with E-state index in [9.17, 15) is 14.7 Å². The number of piperidine rings is 2. The summed E-state index contributed by atoms with van der Waals surface area (Å²) in [6.07, 6.45) is 3.75. The van der Waals surface area contributed by atoms with Crippen molar-refractivity contribution in [2.45, 2.75) is 44.2 Å². The van der Waals surface area contributed by atoms with Gasteiger partial charge in [0.15, 0.2) is 0 Å². The molecule has 29 heavy (non-hydrogen) atoms. The van der Waals surface area contributed by atoms with E-state index in [2.05, 4.69) is 0 Å². The Morgan fingerprint density at radius 3 is 2.41 bits per heavy atom. The fraction of sp³-hybridized carbons (Fsp3) is 0.478. The van der Waals surface area contributed by atoms with Gasteiger partial charge < -0.3 is 14.9 Å². The molecule has 0 bridgehead atoms. The van der Waals surface area contributed by atoms with Crippen molar-refractivity contribution in [2.75, 3.05) is 19.6 Å². The standard InChI is InChI=1S/C23H28N2O3S/c26-21(17-7-2-1-3-8-17)18-11-14-24(15-12-18)22(27)19-9-4-5-13-25(19)23(28)20-10-6-16-29-20/h1-3,6-8,10,16,18-19,21,26H,4-5,9,11-15H2. The molecule has 3 heterocycles. The van der Waals surface area contributed by atoms with Gasteiger partial charge in [-0.2, -0.15) is 0 Å². The van der Waals surface area contributed by atoms with E-state index in [0.717, 1.165) is 37.7 Å². The molecule has 2 fully saturated rings. The maximum atomic E-state index is 13.3. The summed E-state index contributed by atoms with van der Waals surface area (Å²) in [5, 5.41) is 12.6. The van der Waals surface area contributed by atoms with Gasteiger partial charge in [0, 0.05) is 19.6 Å².